The molecule has 0 aromatic heterocycles. The molecule has 0 radical (unpaired) electrons. The van der Waals surface area contributed by atoms with Crippen molar-refractivity contribution in [3.8, 4) is 5.75 Å². The van der Waals surface area contributed by atoms with Gasteiger partial charge < -0.3 is 19.4 Å². The molecular formula is C23H29N3O2. The summed E-state index contributed by atoms with van der Waals surface area (Å²) in [6.07, 6.45) is 4.00. The van der Waals surface area contributed by atoms with Gasteiger partial charge in [-0.1, -0.05) is 24.6 Å². The zero-order valence-corrected chi connectivity index (χ0v) is 16.6. The lowest BCUT2D eigenvalue weighted by atomic mass is 10.1. The molecule has 28 heavy (non-hydrogen) atoms. The van der Waals surface area contributed by atoms with Gasteiger partial charge in [-0.3, -0.25) is 4.79 Å². The van der Waals surface area contributed by atoms with Crippen molar-refractivity contribution in [1.82, 2.24) is 4.90 Å². The van der Waals surface area contributed by atoms with Crippen LogP contribution in [-0.2, 0) is 0 Å². The van der Waals surface area contributed by atoms with Crippen molar-refractivity contribution in [2.45, 2.75) is 19.3 Å². The molecule has 1 saturated heterocycles. The topological polar surface area (TPSA) is 36.0 Å². The molecule has 5 nitrogen and oxygen atoms in total. The van der Waals surface area contributed by atoms with E-state index in [1.54, 1.807) is 7.11 Å². The molecule has 0 N–H and O–H groups in total. The van der Waals surface area contributed by atoms with Gasteiger partial charge in [-0.25, -0.2) is 0 Å². The van der Waals surface area contributed by atoms with Crippen LogP contribution in [0, 0.1) is 0 Å². The number of carbonyl (C=O) groups is 1. The van der Waals surface area contributed by atoms with Crippen LogP contribution in [0.15, 0.2) is 48.5 Å². The number of anilines is 2. The Morgan fingerprint density at radius 3 is 2.46 bits per heavy atom. The average molecular weight is 380 g/mol. The second kappa shape index (κ2) is 8.65. The normalized spacial score (nSPS) is 17.3. The summed E-state index contributed by atoms with van der Waals surface area (Å²) in [5.41, 5.74) is 2.82. The van der Waals surface area contributed by atoms with Gasteiger partial charge in [0, 0.05) is 31.7 Å². The smallest absolute Gasteiger partial charge is 0.258 e. The van der Waals surface area contributed by atoms with E-state index in [1.165, 1.54) is 32.4 Å². The molecule has 5 heteroatoms. The predicted molar refractivity (Wildman–Crippen MR) is 114 cm³/mol. The average Bonchev–Trinajstić information content (AvgIpc) is 2.77. The van der Waals surface area contributed by atoms with E-state index < -0.39 is 0 Å². The van der Waals surface area contributed by atoms with Crippen molar-refractivity contribution in [2.75, 3.05) is 56.2 Å². The minimum Gasteiger partial charge on any atom is -0.497 e. The zero-order valence-electron chi connectivity index (χ0n) is 16.6. The molecule has 2 heterocycles. The molecule has 0 aliphatic carbocycles. The Bertz CT molecular complexity index is 817. The van der Waals surface area contributed by atoms with Gasteiger partial charge in [0.25, 0.3) is 5.91 Å². The lowest BCUT2D eigenvalue weighted by Crippen LogP contribution is -2.46. The summed E-state index contributed by atoms with van der Waals surface area (Å²) in [5, 5.41) is 0. The Hall–Kier alpha value is -2.53. The Labute approximate surface area is 167 Å². The van der Waals surface area contributed by atoms with Crippen LogP contribution in [0.4, 0.5) is 11.4 Å². The third-order valence-electron chi connectivity index (χ3n) is 5.80. The van der Waals surface area contributed by atoms with Crippen molar-refractivity contribution in [3.05, 3.63) is 54.1 Å². The Morgan fingerprint density at radius 1 is 0.893 bits per heavy atom. The Kier molecular flexibility index (Phi) is 5.81. The van der Waals surface area contributed by atoms with Crippen LogP contribution < -0.4 is 14.5 Å². The Balaban J connectivity index is 1.51. The van der Waals surface area contributed by atoms with E-state index >= 15 is 0 Å². The number of piperidine rings is 1. The molecule has 0 bridgehead atoms. The van der Waals surface area contributed by atoms with Gasteiger partial charge in [0.2, 0.25) is 0 Å². The lowest BCUT2D eigenvalue weighted by Gasteiger charge is -2.39. The quantitative estimate of drug-likeness (QED) is 0.795. The van der Waals surface area contributed by atoms with Gasteiger partial charge in [0.15, 0.2) is 0 Å². The number of nitrogens with zero attached hydrogens (tertiary/aromatic N) is 3. The first-order valence-electron chi connectivity index (χ1n) is 10.3. The third-order valence-corrected chi connectivity index (χ3v) is 5.80. The van der Waals surface area contributed by atoms with E-state index in [0.717, 1.165) is 31.0 Å². The fourth-order valence-corrected chi connectivity index (χ4v) is 4.22. The highest BCUT2D eigenvalue weighted by atomic mass is 16.5. The van der Waals surface area contributed by atoms with Crippen molar-refractivity contribution >= 4 is 17.3 Å². The molecule has 148 valence electrons. The summed E-state index contributed by atoms with van der Waals surface area (Å²) in [7, 11) is 1.63. The predicted octanol–water partition coefficient (Wildman–Crippen LogP) is 3.65. The van der Waals surface area contributed by atoms with E-state index in [1.807, 2.05) is 35.2 Å². The van der Waals surface area contributed by atoms with Crippen molar-refractivity contribution in [2.24, 2.45) is 0 Å². The minimum absolute atomic E-state index is 0.0297. The molecule has 2 aromatic carbocycles. The van der Waals surface area contributed by atoms with E-state index in [2.05, 4.69) is 28.0 Å². The van der Waals surface area contributed by atoms with Crippen LogP contribution >= 0.6 is 0 Å². The summed E-state index contributed by atoms with van der Waals surface area (Å²) >= 11 is 0. The highest BCUT2D eigenvalue weighted by Gasteiger charge is 2.27. The summed E-state index contributed by atoms with van der Waals surface area (Å²) in [6, 6.07) is 15.7. The number of likely N-dealkylation sites (tertiary alicyclic amines) is 1. The van der Waals surface area contributed by atoms with Crippen LogP contribution in [0.2, 0.25) is 0 Å². The monoisotopic (exact) mass is 379 g/mol. The Morgan fingerprint density at radius 2 is 1.68 bits per heavy atom. The number of rotatable bonds is 5. The molecular weight excluding hydrogens is 350 g/mol. The fourth-order valence-electron chi connectivity index (χ4n) is 4.22. The first-order chi connectivity index (χ1) is 13.8. The second-order valence-electron chi connectivity index (χ2n) is 7.57. The lowest BCUT2D eigenvalue weighted by molar-refractivity contribution is 0.0986. The molecule has 2 aromatic rings. The fraction of sp³-hybridized carbons (Fsp3) is 0.435. The number of hydrogen-bond acceptors (Lipinski definition) is 4. The van der Waals surface area contributed by atoms with E-state index in [-0.39, 0.29) is 5.91 Å². The molecule has 0 unspecified atom stereocenters. The third kappa shape index (κ3) is 3.99. The van der Waals surface area contributed by atoms with Crippen LogP contribution in [0.3, 0.4) is 0 Å². The molecule has 1 fully saturated rings. The maximum Gasteiger partial charge on any atom is 0.258 e. The van der Waals surface area contributed by atoms with E-state index in [4.69, 9.17) is 4.74 Å². The summed E-state index contributed by atoms with van der Waals surface area (Å²) < 4.78 is 5.28. The van der Waals surface area contributed by atoms with Crippen LogP contribution in [0.1, 0.15) is 29.6 Å². The summed E-state index contributed by atoms with van der Waals surface area (Å²) in [5.74, 6) is 0.737. The number of carbonyl (C=O) groups excluding carboxylic acids is 1. The largest absolute Gasteiger partial charge is 0.497 e. The molecule has 2 aliphatic heterocycles. The standard InChI is InChI=1S/C23H29N3O2/c1-28-20-9-7-8-19(18-20)23(27)26-17-16-25(21-10-3-4-11-22(21)26)15-14-24-12-5-2-6-13-24/h3-4,7-11,18H,2,5-6,12-17H2,1H3. The second-order valence-corrected chi connectivity index (χ2v) is 7.57. The van der Waals surface area contributed by atoms with Crippen LogP contribution in [0.5, 0.6) is 5.75 Å². The number of para-hydroxylation sites is 2. The number of benzene rings is 2. The van der Waals surface area contributed by atoms with Gasteiger partial charge in [0.1, 0.15) is 5.75 Å². The first kappa shape index (κ1) is 18.8. The van der Waals surface area contributed by atoms with Crippen LogP contribution in [0.25, 0.3) is 0 Å². The maximum absolute atomic E-state index is 13.2. The number of ether oxygens (including phenoxy) is 1. The van der Waals surface area contributed by atoms with Gasteiger partial charge in [-0.2, -0.15) is 0 Å². The van der Waals surface area contributed by atoms with Gasteiger partial charge >= 0.3 is 0 Å². The molecule has 0 atom stereocenters. The molecule has 4 rings (SSSR count). The number of fused-ring (bicyclic) bond motifs is 1. The number of amides is 1. The van der Waals surface area contributed by atoms with E-state index in [9.17, 15) is 4.79 Å². The summed E-state index contributed by atoms with van der Waals surface area (Å²) in [6.45, 7) is 6.11. The molecule has 0 saturated carbocycles. The van der Waals surface area contributed by atoms with Crippen molar-refractivity contribution in [3.63, 3.8) is 0 Å². The molecule has 2 aliphatic rings. The number of hydrogen-bond donors (Lipinski definition) is 0. The van der Waals surface area contributed by atoms with Crippen molar-refractivity contribution < 1.29 is 9.53 Å². The first-order valence-corrected chi connectivity index (χ1v) is 10.3. The van der Waals surface area contributed by atoms with Gasteiger partial charge in [-0.15, -0.1) is 0 Å². The highest BCUT2D eigenvalue weighted by Crippen LogP contribution is 2.34. The maximum atomic E-state index is 13.2. The van der Waals surface area contributed by atoms with Gasteiger partial charge in [-0.05, 0) is 56.3 Å². The SMILES string of the molecule is COc1cccc(C(=O)N2CCN(CCN3CCCCC3)c3ccccc32)c1. The number of methoxy groups -OCH3 is 1. The minimum atomic E-state index is 0.0297. The van der Waals surface area contributed by atoms with Crippen LogP contribution in [-0.4, -0.2) is 57.2 Å². The zero-order chi connectivity index (χ0) is 19.3. The molecule has 1 amide bonds. The highest BCUT2D eigenvalue weighted by molar-refractivity contribution is 6.08. The van der Waals surface area contributed by atoms with E-state index in [0.29, 0.717) is 17.9 Å². The summed E-state index contributed by atoms with van der Waals surface area (Å²) in [4.78, 5) is 20.1. The molecule has 0 spiro atoms. The van der Waals surface area contributed by atoms with Gasteiger partial charge in [0.05, 0.1) is 18.5 Å². The van der Waals surface area contributed by atoms with Crippen molar-refractivity contribution in [1.29, 1.82) is 0 Å².